The summed E-state index contributed by atoms with van der Waals surface area (Å²) in [7, 11) is 0. The maximum absolute atomic E-state index is 12.4. The van der Waals surface area contributed by atoms with Crippen LogP contribution in [0.3, 0.4) is 0 Å². The lowest BCUT2D eigenvalue weighted by atomic mass is 9.98. The summed E-state index contributed by atoms with van der Waals surface area (Å²) >= 11 is 0. The van der Waals surface area contributed by atoms with Crippen LogP contribution in [0, 0.1) is 0 Å². The molecule has 2 aromatic heterocycles. The smallest absolute Gasteiger partial charge is 0.260 e. The van der Waals surface area contributed by atoms with E-state index in [1.165, 1.54) is 0 Å². The van der Waals surface area contributed by atoms with Crippen LogP contribution in [0.4, 0.5) is 0 Å². The standard InChI is InChI=1S/C13H11N5O3/c19-6-5-8-7-3-1-2-4-9(7)14-13(21)10(8)11(20)12-15-17-18-16-12/h1-4,19H,5-6H2,(H,14,21)(H,15,16,17,18). The summed E-state index contributed by atoms with van der Waals surface area (Å²) in [6.07, 6.45) is 0.188. The van der Waals surface area contributed by atoms with Crippen LogP contribution >= 0.6 is 0 Å². The highest BCUT2D eigenvalue weighted by atomic mass is 16.3. The van der Waals surface area contributed by atoms with Gasteiger partial charge in [0.05, 0.1) is 5.56 Å². The van der Waals surface area contributed by atoms with Crippen molar-refractivity contribution in [3.8, 4) is 0 Å². The lowest BCUT2D eigenvalue weighted by Crippen LogP contribution is -2.23. The SMILES string of the molecule is O=C(c1nnn[nH]1)c1c(CCO)c2ccccc2[nH]c1=O. The van der Waals surface area contributed by atoms with Crippen molar-refractivity contribution in [2.45, 2.75) is 6.42 Å². The van der Waals surface area contributed by atoms with Crippen molar-refractivity contribution < 1.29 is 9.90 Å². The molecule has 0 amide bonds. The molecule has 0 saturated heterocycles. The van der Waals surface area contributed by atoms with Gasteiger partial charge < -0.3 is 10.1 Å². The van der Waals surface area contributed by atoms with Gasteiger partial charge in [-0.2, -0.15) is 0 Å². The number of hydrogen-bond acceptors (Lipinski definition) is 6. The molecule has 3 N–H and O–H groups in total. The number of benzene rings is 1. The lowest BCUT2D eigenvalue weighted by Gasteiger charge is -2.09. The van der Waals surface area contributed by atoms with Gasteiger partial charge in [0, 0.05) is 17.5 Å². The van der Waals surface area contributed by atoms with Gasteiger partial charge >= 0.3 is 0 Å². The third kappa shape index (κ3) is 2.21. The number of carbonyl (C=O) groups excluding carboxylic acids is 1. The number of tetrazole rings is 1. The summed E-state index contributed by atoms with van der Waals surface area (Å²) in [5, 5.41) is 22.5. The predicted molar refractivity (Wildman–Crippen MR) is 73.0 cm³/mol. The average molecular weight is 285 g/mol. The molecule has 0 aliphatic rings. The summed E-state index contributed by atoms with van der Waals surface area (Å²) in [5.41, 5.74) is 0.510. The molecule has 2 heterocycles. The second kappa shape index (κ2) is 5.25. The fourth-order valence-electron chi connectivity index (χ4n) is 2.30. The molecule has 106 valence electrons. The van der Waals surface area contributed by atoms with Crippen LogP contribution in [0.5, 0.6) is 0 Å². The van der Waals surface area contributed by atoms with Gasteiger partial charge in [-0.15, -0.1) is 5.10 Å². The summed E-state index contributed by atoms with van der Waals surface area (Å²) in [5.74, 6) is -0.717. The molecular weight excluding hydrogens is 274 g/mol. The normalized spacial score (nSPS) is 10.9. The monoisotopic (exact) mass is 285 g/mol. The van der Waals surface area contributed by atoms with Crippen molar-refractivity contribution >= 4 is 16.7 Å². The zero-order valence-corrected chi connectivity index (χ0v) is 10.8. The number of para-hydroxylation sites is 1. The van der Waals surface area contributed by atoms with Crippen molar-refractivity contribution in [1.29, 1.82) is 0 Å². The van der Waals surface area contributed by atoms with E-state index in [4.69, 9.17) is 0 Å². The number of fused-ring (bicyclic) bond motifs is 1. The van der Waals surface area contributed by atoms with Crippen LogP contribution in [0.25, 0.3) is 10.9 Å². The largest absolute Gasteiger partial charge is 0.396 e. The first-order chi connectivity index (χ1) is 10.2. The summed E-state index contributed by atoms with van der Waals surface area (Å²) < 4.78 is 0. The topological polar surface area (TPSA) is 125 Å². The Bertz CT molecular complexity index is 854. The number of pyridine rings is 1. The van der Waals surface area contributed by atoms with Gasteiger partial charge in [0.1, 0.15) is 0 Å². The first-order valence-corrected chi connectivity index (χ1v) is 6.25. The van der Waals surface area contributed by atoms with Gasteiger partial charge in [0.25, 0.3) is 5.56 Å². The van der Waals surface area contributed by atoms with E-state index in [2.05, 4.69) is 25.6 Å². The molecule has 0 radical (unpaired) electrons. The van der Waals surface area contributed by atoms with E-state index < -0.39 is 11.3 Å². The Kier molecular flexibility index (Phi) is 3.28. The number of nitrogens with one attached hydrogen (secondary N) is 2. The first-order valence-electron chi connectivity index (χ1n) is 6.25. The Morgan fingerprint density at radius 1 is 1.29 bits per heavy atom. The Hall–Kier alpha value is -2.87. The fourth-order valence-corrected chi connectivity index (χ4v) is 2.30. The van der Waals surface area contributed by atoms with Crippen molar-refractivity contribution in [3.05, 3.63) is 51.6 Å². The number of nitrogens with zero attached hydrogens (tertiary/aromatic N) is 3. The van der Waals surface area contributed by atoms with Gasteiger partial charge in [-0.1, -0.05) is 18.2 Å². The quantitative estimate of drug-likeness (QED) is 0.570. The number of hydrogen-bond donors (Lipinski definition) is 3. The van der Waals surface area contributed by atoms with Crippen LogP contribution in [0.15, 0.2) is 29.1 Å². The maximum Gasteiger partial charge on any atom is 0.260 e. The molecule has 0 spiro atoms. The number of aromatic amines is 2. The van der Waals surface area contributed by atoms with Crippen LogP contribution in [-0.4, -0.2) is 43.1 Å². The molecule has 8 nitrogen and oxygen atoms in total. The van der Waals surface area contributed by atoms with Crippen LogP contribution in [-0.2, 0) is 6.42 Å². The fraction of sp³-hybridized carbons (Fsp3) is 0.154. The molecule has 0 unspecified atom stereocenters. The minimum absolute atomic E-state index is 0.0544. The zero-order chi connectivity index (χ0) is 14.8. The average Bonchev–Trinajstić information content (AvgIpc) is 3.01. The number of aromatic nitrogens is 5. The first kappa shape index (κ1) is 13.1. The molecule has 0 fully saturated rings. The molecule has 21 heavy (non-hydrogen) atoms. The predicted octanol–water partition coefficient (Wildman–Crippen LogP) is -0.193. The molecule has 0 atom stereocenters. The van der Waals surface area contributed by atoms with E-state index in [-0.39, 0.29) is 24.4 Å². The molecule has 0 saturated carbocycles. The number of rotatable bonds is 4. The van der Waals surface area contributed by atoms with Crippen LogP contribution in [0.1, 0.15) is 21.7 Å². The molecular formula is C13H11N5O3. The van der Waals surface area contributed by atoms with E-state index in [1.807, 2.05) is 0 Å². The van der Waals surface area contributed by atoms with Gasteiger partial charge in [-0.05, 0) is 28.5 Å². The number of carbonyl (C=O) groups is 1. The van der Waals surface area contributed by atoms with E-state index in [0.717, 1.165) is 0 Å². The van der Waals surface area contributed by atoms with Gasteiger partial charge in [-0.25, -0.2) is 5.10 Å². The maximum atomic E-state index is 12.4. The number of aliphatic hydroxyl groups is 1. The number of H-pyrrole nitrogens is 2. The third-order valence-corrected chi connectivity index (χ3v) is 3.18. The zero-order valence-electron chi connectivity index (χ0n) is 10.8. The summed E-state index contributed by atoms with van der Waals surface area (Å²) in [6.45, 7) is -0.178. The minimum atomic E-state index is -0.601. The molecule has 1 aromatic carbocycles. The van der Waals surface area contributed by atoms with Crippen LogP contribution in [0.2, 0.25) is 0 Å². The highest BCUT2D eigenvalue weighted by molar-refractivity contribution is 6.09. The van der Waals surface area contributed by atoms with Gasteiger partial charge in [0.2, 0.25) is 11.6 Å². The Balaban J connectivity index is 2.30. The molecule has 0 aliphatic carbocycles. The Morgan fingerprint density at radius 2 is 2.10 bits per heavy atom. The summed E-state index contributed by atoms with van der Waals surface area (Å²) in [4.78, 5) is 27.3. The van der Waals surface area contributed by atoms with Crippen molar-refractivity contribution in [2.75, 3.05) is 6.61 Å². The van der Waals surface area contributed by atoms with Crippen LogP contribution < -0.4 is 5.56 Å². The minimum Gasteiger partial charge on any atom is -0.396 e. The molecule has 3 rings (SSSR count). The van der Waals surface area contributed by atoms with E-state index >= 15 is 0 Å². The second-order valence-electron chi connectivity index (χ2n) is 4.41. The Morgan fingerprint density at radius 3 is 2.81 bits per heavy atom. The second-order valence-corrected chi connectivity index (χ2v) is 4.41. The lowest BCUT2D eigenvalue weighted by molar-refractivity contribution is 0.102. The van der Waals surface area contributed by atoms with E-state index in [1.54, 1.807) is 24.3 Å². The molecule has 0 bridgehead atoms. The summed E-state index contributed by atoms with van der Waals surface area (Å²) in [6, 6.07) is 7.10. The van der Waals surface area contributed by atoms with Crippen molar-refractivity contribution in [2.24, 2.45) is 0 Å². The highest BCUT2D eigenvalue weighted by Crippen LogP contribution is 2.20. The molecule has 0 aliphatic heterocycles. The van der Waals surface area contributed by atoms with Gasteiger partial charge in [-0.3, -0.25) is 9.59 Å². The number of ketones is 1. The molecule has 8 heteroatoms. The van der Waals surface area contributed by atoms with E-state index in [0.29, 0.717) is 16.5 Å². The van der Waals surface area contributed by atoms with Crippen molar-refractivity contribution in [3.63, 3.8) is 0 Å². The third-order valence-electron chi connectivity index (χ3n) is 3.18. The number of aliphatic hydroxyl groups excluding tert-OH is 1. The van der Waals surface area contributed by atoms with E-state index in [9.17, 15) is 14.7 Å². The van der Waals surface area contributed by atoms with Gasteiger partial charge in [0.15, 0.2) is 0 Å². The Labute approximate surface area is 117 Å². The van der Waals surface area contributed by atoms with Crippen molar-refractivity contribution in [1.82, 2.24) is 25.6 Å². The highest BCUT2D eigenvalue weighted by Gasteiger charge is 2.22. The molecule has 3 aromatic rings.